The number of phenolic OH excluding ortho intramolecular Hbond substituents is 1. The third kappa shape index (κ3) is 2.18. The van der Waals surface area contributed by atoms with Gasteiger partial charge < -0.3 is 10.8 Å². The Kier molecular flexibility index (Phi) is 3.01. The van der Waals surface area contributed by atoms with Gasteiger partial charge in [0.25, 0.3) is 0 Å². The van der Waals surface area contributed by atoms with Gasteiger partial charge in [0.1, 0.15) is 5.75 Å². The Morgan fingerprint density at radius 1 is 1.50 bits per heavy atom. The molecule has 1 aromatic rings. The van der Waals surface area contributed by atoms with E-state index >= 15 is 0 Å². The van der Waals surface area contributed by atoms with Crippen LogP contribution in [0.4, 0.5) is 5.69 Å². The predicted octanol–water partition coefficient (Wildman–Crippen LogP) is 1.72. The number of benzene rings is 1. The summed E-state index contributed by atoms with van der Waals surface area (Å²) >= 11 is 3.16. The van der Waals surface area contributed by atoms with Gasteiger partial charge in [0.15, 0.2) is 0 Å². The van der Waals surface area contributed by atoms with E-state index in [-0.39, 0.29) is 5.75 Å². The van der Waals surface area contributed by atoms with Crippen LogP contribution in [0.3, 0.4) is 0 Å². The summed E-state index contributed by atoms with van der Waals surface area (Å²) in [4.78, 5) is 0. The van der Waals surface area contributed by atoms with Crippen LogP contribution in [0.5, 0.6) is 5.75 Å². The Morgan fingerprint density at radius 3 is 2.92 bits per heavy atom. The third-order valence-corrected chi connectivity index (χ3v) is 1.59. The SMILES string of the molecule is Nc1ccc(O)c(C#CCBr)c1. The maximum atomic E-state index is 9.29. The van der Waals surface area contributed by atoms with E-state index in [0.29, 0.717) is 16.6 Å². The molecule has 0 aromatic heterocycles. The quantitative estimate of drug-likeness (QED) is 0.306. The molecule has 2 nitrogen and oxygen atoms in total. The molecule has 12 heavy (non-hydrogen) atoms. The van der Waals surface area contributed by atoms with Crippen LogP contribution >= 0.6 is 15.9 Å². The van der Waals surface area contributed by atoms with Crippen molar-refractivity contribution in [2.24, 2.45) is 0 Å². The predicted molar refractivity (Wildman–Crippen MR) is 53.2 cm³/mol. The Bertz CT molecular complexity index is 338. The number of hydrogen-bond acceptors (Lipinski definition) is 2. The Morgan fingerprint density at radius 2 is 2.25 bits per heavy atom. The molecular weight excluding hydrogens is 218 g/mol. The van der Waals surface area contributed by atoms with Gasteiger partial charge in [0, 0.05) is 5.69 Å². The number of nitrogen functional groups attached to an aromatic ring is 1. The summed E-state index contributed by atoms with van der Waals surface area (Å²) < 4.78 is 0. The molecule has 3 heteroatoms. The van der Waals surface area contributed by atoms with Crippen molar-refractivity contribution in [3.05, 3.63) is 23.8 Å². The topological polar surface area (TPSA) is 46.2 Å². The average Bonchev–Trinajstić information content (AvgIpc) is 2.07. The molecule has 62 valence electrons. The van der Waals surface area contributed by atoms with Crippen LogP contribution in [-0.4, -0.2) is 10.4 Å². The molecule has 0 aliphatic carbocycles. The normalized spacial score (nSPS) is 8.75. The first kappa shape index (κ1) is 8.95. The highest BCUT2D eigenvalue weighted by Gasteiger charge is 1.96. The van der Waals surface area contributed by atoms with E-state index in [4.69, 9.17) is 5.73 Å². The van der Waals surface area contributed by atoms with Crippen LogP contribution in [0.25, 0.3) is 0 Å². The first-order chi connectivity index (χ1) is 5.74. The number of halogens is 1. The van der Waals surface area contributed by atoms with Crippen LogP contribution in [0, 0.1) is 11.8 Å². The minimum absolute atomic E-state index is 0.164. The second-order valence-corrected chi connectivity index (χ2v) is 2.77. The van der Waals surface area contributed by atoms with E-state index in [9.17, 15) is 5.11 Å². The maximum absolute atomic E-state index is 9.29. The largest absolute Gasteiger partial charge is 0.507 e. The minimum atomic E-state index is 0.164. The molecule has 0 saturated carbocycles. The first-order valence-corrected chi connectivity index (χ1v) is 4.49. The molecule has 0 aliphatic rings. The van der Waals surface area contributed by atoms with E-state index in [1.54, 1.807) is 12.1 Å². The van der Waals surface area contributed by atoms with Gasteiger partial charge in [-0.25, -0.2) is 0 Å². The van der Waals surface area contributed by atoms with E-state index in [2.05, 4.69) is 27.8 Å². The molecule has 0 saturated heterocycles. The van der Waals surface area contributed by atoms with Crippen molar-refractivity contribution >= 4 is 21.6 Å². The molecule has 1 rings (SSSR count). The van der Waals surface area contributed by atoms with Crippen molar-refractivity contribution in [2.45, 2.75) is 0 Å². The lowest BCUT2D eigenvalue weighted by Gasteiger charge is -1.97. The van der Waals surface area contributed by atoms with Crippen molar-refractivity contribution in [2.75, 3.05) is 11.1 Å². The number of aromatic hydroxyl groups is 1. The van der Waals surface area contributed by atoms with Crippen molar-refractivity contribution < 1.29 is 5.11 Å². The Balaban J connectivity index is 3.05. The van der Waals surface area contributed by atoms with E-state index in [1.807, 2.05) is 0 Å². The highest BCUT2D eigenvalue weighted by molar-refractivity contribution is 9.09. The zero-order valence-electron chi connectivity index (χ0n) is 6.34. The average molecular weight is 226 g/mol. The molecule has 0 heterocycles. The standard InChI is InChI=1S/C9H8BrNO/c10-5-1-2-7-6-8(11)3-4-9(7)12/h3-4,6,12H,5,11H2. The molecular formula is C9H8BrNO. The maximum Gasteiger partial charge on any atom is 0.131 e. The van der Waals surface area contributed by atoms with Crippen molar-refractivity contribution in [3.63, 3.8) is 0 Å². The minimum Gasteiger partial charge on any atom is -0.507 e. The summed E-state index contributed by atoms with van der Waals surface area (Å²) in [5.74, 6) is 5.72. The molecule has 0 amide bonds. The molecule has 0 fully saturated rings. The van der Waals surface area contributed by atoms with Crippen LogP contribution < -0.4 is 5.73 Å². The summed E-state index contributed by atoms with van der Waals surface area (Å²) in [7, 11) is 0. The lowest BCUT2D eigenvalue weighted by molar-refractivity contribution is 0.474. The second kappa shape index (κ2) is 4.03. The molecule has 0 bridgehead atoms. The zero-order valence-corrected chi connectivity index (χ0v) is 7.93. The van der Waals surface area contributed by atoms with Gasteiger partial charge in [-0.1, -0.05) is 27.8 Å². The van der Waals surface area contributed by atoms with Crippen LogP contribution in [0.1, 0.15) is 5.56 Å². The van der Waals surface area contributed by atoms with Gasteiger partial charge in [-0.05, 0) is 18.2 Å². The molecule has 3 N–H and O–H groups in total. The second-order valence-electron chi connectivity index (χ2n) is 2.21. The molecule has 0 spiro atoms. The number of phenols is 1. The summed E-state index contributed by atoms with van der Waals surface area (Å²) in [6.45, 7) is 0. The van der Waals surface area contributed by atoms with Gasteiger partial charge in [0.05, 0.1) is 10.9 Å². The third-order valence-electron chi connectivity index (χ3n) is 1.31. The van der Waals surface area contributed by atoms with Gasteiger partial charge in [-0.2, -0.15) is 0 Å². The van der Waals surface area contributed by atoms with Crippen molar-refractivity contribution in [1.29, 1.82) is 0 Å². The smallest absolute Gasteiger partial charge is 0.131 e. The Hall–Kier alpha value is -1.14. The van der Waals surface area contributed by atoms with Crippen molar-refractivity contribution in [3.8, 4) is 17.6 Å². The van der Waals surface area contributed by atoms with Crippen LogP contribution in [-0.2, 0) is 0 Å². The number of rotatable bonds is 0. The molecule has 0 aliphatic heterocycles. The van der Waals surface area contributed by atoms with Gasteiger partial charge in [0.2, 0.25) is 0 Å². The highest BCUT2D eigenvalue weighted by atomic mass is 79.9. The number of nitrogens with two attached hydrogens (primary N) is 1. The van der Waals surface area contributed by atoms with E-state index in [0.717, 1.165) is 0 Å². The lowest BCUT2D eigenvalue weighted by atomic mass is 10.2. The highest BCUT2D eigenvalue weighted by Crippen LogP contribution is 2.18. The molecule has 0 atom stereocenters. The van der Waals surface area contributed by atoms with Gasteiger partial charge in [-0.3, -0.25) is 0 Å². The number of hydrogen-bond donors (Lipinski definition) is 2. The van der Waals surface area contributed by atoms with E-state index in [1.165, 1.54) is 6.07 Å². The summed E-state index contributed by atoms with van der Waals surface area (Å²) in [5.41, 5.74) is 6.68. The van der Waals surface area contributed by atoms with Crippen LogP contribution in [0.15, 0.2) is 18.2 Å². The fourth-order valence-electron chi connectivity index (χ4n) is 0.782. The lowest BCUT2D eigenvalue weighted by Crippen LogP contribution is -1.85. The van der Waals surface area contributed by atoms with Gasteiger partial charge in [-0.15, -0.1) is 0 Å². The summed E-state index contributed by atoms with van der Waals surface area (Å²) in [6.07, 6.45) is 0. The summed E-state index contributed by atoms with van der Waals surface area (Å²) in [6, 6.07) is 4.81. The van der Waals surface area contributed by atoms with Crippen molar-refractivity contribution in [1.82, 2.24) is 0 Å². The fraction of sp³-hybridized carbons (Fsp3) is 0.111. The molecule has 0 unspecified atom stereocenters. The fourth-order valence-corrected chi connectivity index (χ4v) is 0.923. The van der Waals surface area contributed by atoms with E-state index < -0.39 is 0 Å². The van der Waals surface area contributed by atoms with Gasteiger partial charge >= 0.3 is 0 Å². The monoisotopic (exact) mass is 225 g/mol. The first-order valence-electron chi connectivity index (χ1n) is 3.37. The molecule has 0 radical (unpaired) electrons. The van der Waals surface area contributed by atoms with Crippen LogP contribution in [0.2, 0.25) is 0 Å². The number of anilines is 1. The molecule has 1 aromatic carbocycles. The Labute approximate surface area is 79.5 Å². The zero-order chi connectivity index (χ0) is 8.97. The summed E-state index contributed by atoms with van der Waals surface area (Å²) in [5, 5.41) is 9.87. The number of alkyl halides is 1.